The summed E-state index contributed by atoms with van der Waals surface area (Å²) in [5, 5.41) is 11.4. The van der Waals surface area contributed by atoms with E-state index in [1.165, 1.54) is 17.3 Å². The molecule has 0 aliphatic carbocycles. The number of carbonyl (C=O) groups is 2. The summed E-state index contributed by atoms with van der Waals surface area (Å²) in [7, 11) is 0. The number of aliphatic hydroxyl groups excluding tert-OH is 1. The first-order valence-corrected chi connectivity index (χ1v) is 8.85. The van der Waals surface area contributed by atoms with E-state index in [4.69, 9.17) is 23.2 Å². The van der Waals surface area contributed by atoms with Crippen LogP contribution in [0, 0.1) is 0 Å². The lowest BCUT2D eigenvalue weighted by atomic mass is 9.95. The zero-order chi connectivity index (χ0) is 18.8. The second kappa shape index (κ2) is 7.48. The van der Waals surface area contributed by atoms with E-state index in [1.54, 1.807) is 30.3 Å². The average Bonchev–Trinajstić information content (AvgIpc) is 2.89. The Balaban J connectivity index is 2.21. The molecule has 1 N–H and O–H groups in total. The van der Waals surface area contributed by atoms with E-state index in [0.29, 0.717) is 34.1 Å². The molecule has 1 unspecified atom stereocenters. The fourth-order valence-electron chi connectivity index (χ4n) is 3.05. The minimum atomic E-state index is -0.724. The highest BCUT2D eigenvalue weighted by Gasteiger charge is 2.45. The molecule has 2 heterocycles. The van der Waals surface area contributed by atoms with Gasteiger partial charge in [0.05, 0.1) is 21.7 Å². The zero-order valence-electron chi connectivity index (χ0n) is 13.9. The number of hydrogen-bond acceptors (Lipinski definition) is 4. The molecular formula is C19H16Cl2N2O3. The predicted molar refractivity (Wildman–Crippen MR) is 100.0 cm³/mol. The number of ketones is 1. The van der Waals surface area contributed by atoms with Crippen LogP contribution in [-0.4, -0.2) is 33.2 Å². The van der Waals surface area contributed by atoms with Crippen LogP contribution in [0.3, 0.4) is 0 Å². The quantitative estimate of drug-likeness (QED) is 0.481. The van der Waals surface area contributed by atoms with Crippen molar-refractivity contribution in [1.82, 2.24) is 9.88 Å². The molecule has 0 bridgehead atoms. The van der Waals surface area contributed by atoms with Gasteiger partial charge in [0, 0.05) is 24.5 Å². The molecule has 1 aromatic heterocycles. The number of hydrogen-bond donors (Lipinski definition) is 1. The summed E-state index contributed by atoms with van der Waals surface area (Å²) in [5.41, 5.74) is 1.07. The fourth-order valence-corrected chi connectivity index (χ4v) is 3.35. The van der Waals surface area contributed by atoms with Gasteiger partial charge in [-0.15, -0.1) is 0 Å². The van der Waals surface area contributed by atoms with Gasteiger partial charge in [0.2, 0.25) is 0 Å². The predicted octanol–water partition coefficient (Wildman–Crippen LogP) is 4.22. The van der Waals surface area contributed by atoms with Gasteiger partial charge in [0.1, 0.15) is 5.76 Å². The summed E-state index contributed by atoms with van der Waals surface area (Å²) in [6.45, 7) is 2.29. The highest BCUT2D eigenvalue weighted by molar-refractivity contribution is 6.46. The molecule has 1 aliphatic heterocycles. The Kier molecular flexibility index (Phi) is 5.30. The number of amides is 1. The number of carbonyl (C=O) groups excluding carboxylic acids is 2. The Morgan fingerprint density at radius 3 is 2.46 bits per heavy atom. The van der Waals surface area contributed by atoms with Crippen LogP contribution in [-0.2, 0) is 9.59 Å². The van der Waals surface area contributed by atoms with Crippen LogP contribution in [0.5, 0.6) is 0 Å². The van der Waals surface area contributed by atoms with Gasteiger partial charge in [-0.3, -0.25) is 14.6 Å². The molecular weight excluding hydrogens is 375 g/mol. The number of aliphatic hydroxyl groups is 1. The summed E-state index contributed by atoms with van der Waals surface area (Å²) >= 11 is 12.1. The second-order valence-electron chi connectivity index (χ2n) is 5.90. The number of Topliss-reactive ketones (excluding diaryl/α,β-unsaturated/α-hetero) is 1. The molecule has 2 aromatic rings. The van der Waals surface area contributed by atoms with E-state index in [1.807, 2.05) is 6.92 Å². The van der Waals surface area contributed by atoms with Crippen LogP contribution >= 0.6 is 23.2 Å². The van der Waals surface area contributed by atoms with Crippen molar-refractivity contribution in [3.8, 4) is 0 Å². The lowest BCUT2D eigenvalue weighted by molar-refractivity contribution is -0.139. The van der Waals surface area contributed by atoms with Gasteiger partial charge in [-0.25, -0.2) is 0 Å². The van der Waals surface area contributed by atoms with Gasteiger partial charge >= 0.3 is 0 Å². The smallest absolute Gasteiger partial charge is 0.295 e. The van der Waals surface area contributed by atoms with Crippen LogP contribution in [0.25, 0.3) is 5.76 Å². The number of rotatable bonds is 4. The third-order valence-electron chi connectivity index (χ3n) is 4.22. The van der Waals surface area contributed by atoms with E-state index in [2.05, 4.69) is 4.98 Å². The minimum absolute atomic E-state index is 0.0352. The first kappa shape index (κ1) is 18.4. The standard InChI is InChI=1S/C19H16Cl2N2O3/c1-2-9-23-16(12-3-4-13(20)14(21)10-12)15(18(25)19(23)26)17(24)11-5-7-22-8-6-11/h3-8,10,16,24H,2,9H2,1H3/b17-15-. The maximum Gasteiger partial charge on any atom is 0.295 e. The topological polar surface area (TPSA) is 70.5 Å². The summed E-state index contributed by atoms with van der Waals surface area (Å²) in [5.74, 6) is -1.59. The molecule has 0 spiro atoms. The molecule has 3 rings (SSSR count). The van der Waals surface area contributed by atoms with E-state index in [9.17, 15) is 14.7 Å². The summed E-state index contributed by atoms with van der Waals surface area (Å²) in [4.78, 5) is 30.6. The number of nitrogens with zero attached hydrogens (tertiary/aromatic N) is 2. The molecule has 1 amide bonds. The summed E-state index contributed by atoms with van der Waals surface area (Å²) < 4.78 is 0. The monoisotopic (exact) mass is 390 g/mol. The van der Waals surface area contributed by atoms with Crippen LogP contribution < -0.4 is 0 Å². The normalized spacial score (nSPS) is 19.2. The largest absolute Gasteiger partial charge is 0.507 e. The first-order chi connectivity index (χ1) is 12.5. The molecule has 1 aliphatic rings. The van der Waals surface area contributed by atoms with Gasteiger partial charge in [-0.2, -0.15) is 0 Å². The molecule has 1 saturated heterocycles. The maximum absolute atomic E-state index is 12.7. The van der Waals surface area contributed by atoms with Crippen molar-refractivity contribution in [3.63, 3.8) is 0 Å². The van der Waals surface area contributed by atoms with E-state index in [0.717, 1.165) is 0 Å². The number of aromatic nitrogens is 1. The van der Waals surface area contributed by atoms with Crippen LogP contribution in [0.4, 0.5) is 0 Å². The highest BCUT2D eigenvalue weighted by atomic mass is 35.5. The van der Waals surface area contributed by atoms with Crippen molar-refractivity contribution in [2.45, 2.75) is 19.4 Å². The Morgan fingerprint density at radius 2 is 1.85 bits per heavy atom. The Morgan fingerprint density at radius 1 is 1.15 bits per heavy atom. The van der Waals surface area contributed by atoms with E-state index in [-0.39, 0.29) is 11.3 Å². The van der Waals surface area contributed by atoms with Gasteiger partial charge in [0.25, 0.3) is 11.7 Å². The summed E-state index contributed by atoms with van der Waals surface area (Å²) in [6.07, 6.45) is 3.68. The Hall–Kier alpha value is -2.37. The van der Waals surface area contributed by atoms with Crippen LogP contribution in [0.2, 0.25) is 10.0 Å². The zero-order valence-corrected chi connectivity index (χ0v) is 15.5. The molecule has 1 fully saturated rings. The van der Waals surface area contributed by atoms with Crippen molar-refractivity contribution < 1.29 is 14.7 Å². The van der Waals surface area contributed by atoms with Gasteiger partial charge < -0.3 is 10.0 Å². The average molecular weight is 391 g/mol. The van der Waals surface area contributed by atoms with E-state index < -0.39 is 17.7 Å². The Bertz CT molecular complexity index is 897. The first-order valence-electron chi connectivity index (χ1n) is 8.09. The van der Waals surface area contributed by atoms with Gasteiger partial charge in [-0.05, 0) is 36.2 Å². The van der Waals surface area contributed by atoms with Crippen LogP contribution in [0.1, 0.15) is 30.5 Å². The van der Waals surface area contributed by atoms with Crippen molar-refractivity contribution in [1.29, 1.82) is 0 Å². The lowest BCUT2D eigenvalue weighted by Gasteiger charge is -2.25. The number of pyridine rings is 1. The van der Waals surface area contributed by atoms with Crippen molar-refractivity contribution in [3.05, 3.63) is 69.5 Å². The van der Waals surface area contributed by atoms with Crippen molar-refractivity contribution in [2.75, 3.05) is 6.54 Å². The molecule has 1 atom stereocenters. The third-order valence-corrected chi connectivity index (χ3v) is 4.96. The summed E-state index contributed by atoms with van der Waals surface area (Å²) in [6, 6.07) is 7.36. The molecule has 7 heteroatoms. The molecule has 1 aromatic carbocycles. The number of likely N-dealkylation sites (tertiary alicyclic amines) is 1. The second-order valence-corrected chi connectivity index (χ2v) is 6.72. The molecule has 26 heavy (non-hydrogen) atoms. The van der Waals surface area contributed by atoms with Gasteiger partial charge in [0.15, 0.2) is 0 Å². The molecule has 0 saturated carbocycles. The number of halogens is 2. The fraction of sp³-hybridized carbons (Fsp3) is 0.211. The minimum Gasteiger partial charge on any atom is -0.507 e. The highest BCUT2D eigenvalue weighted by Crippen LogP contribution is 2.40. The Labute approximate surface area is 160 Å². The molecule has 5 nitrogen and oxygen atoms in total. The van der Waals surface area contributed by atoms with Gasteiger partial charge in [-0.1, -0.05) is 36.2 Å². The number of benzene rings is 1. The molecule has 134 valence electrons. The third kappa shape index (κ3) is 3.20. The lowest BCUT2D eigenvalue weighted by Crippen LogP contribution is -2.30. The molecule has 0 radical (unpaired) electrons. The SMILES string of the molecule is CCCN1C(=O)C(=O)/C(=C(\O)c2ccncc2)C1c1ccc(Cl)c(Cl)c1. The van der Waals surface area contributed by atoms with Crippen molar-refractivity contribution in [2.24, 2.45) is 0 Å². The van der Waals surface area contributed by atoms with E-state index >= 15 is 0 Å². The maximum atomic E-state index is 12.7. The van der Waals surface area contributed by atoms with Crippen molar-refractivity contribution >= 4 is 40.7 Å². The van der Waals surface area contributed by atoms with Crippen LogP contribution in [0.15, 0.2) is 48.3 Å².